The number of alkyl carbamates (subject to hydrolysis) is 1. The molecule has 3 unspecified atom stereocenters. The number of nitrogens with one attached hydrogen (secondary N) is 2. The third-order valence-electron chi connectivity index (χ3n) is 7.16. The lowest BCUT2D eigenvalue weighted by Crippen LogP contribution is -2.56. The van der Waals surface area contributed by atoms with Gasteiger partial charge in [-0.15, -0.1) is 0 Å². The van der Waals surface area contributed by atoms with E-state index in [1.54, 1.807) is 37.8 Å². The Hall–Kier alpha value is -2.77. The summed E-state index contributed by atoms with van der Waals surface area (Å²) in [7, 11) is 0. The van der Waals surface area contributed by atoms with E-state index in [-0.39, 0.29) is 29.5 Å². The fraction of sp³-hybridized carbons (Fsp3) is 0.700. The van der Waals surface area contributed by atoms with E-state index in [4.69, 9.17) is 4.74 Å². The van der Waals surface area contributed by atoms with E-state index in [0.717, 1.165) is 44.9 Å². The molecule has 0 aliphatic heterocycles. The summed E-state index contributed by atoms with van der Waals surface area (Å²) in [4.78, 5) is 42.5. The number of amides is 3. The van der Waals surface area contributed by atoms with E-state index >= 15 is 0 Å². The molecule has 0 spiro atoms. The summed E-state index contributed by atoms with van der Waals surface area (Å²) in [5.41, 5.74) is -0.0799. The number of hydrogen-bond acceptors (Lipinski definition) is 5. The van der Waals surface area contributed by atoms with Crippen LogP contribution in [0.15, 0.2) is 24.3 Å². The molecule has 0 heterocycles. The largest absolute Gasteiger partial charge is 0.508 e. The van der Waals surface area contributed by atoms with Crippen LogP contribution in [-0.2, 0) is 14.3 Å². The molecule has 0 aromatic heterocycles. The molecule has 1 aliphatic rings. The average molecular weight is 532 g/mol. The summed E-state index contributed by atoms with van der Waals surface area (Å²) in [6.07, 6.45) is 7.77. The predicted molar refractivity (Wildman–Crippen MR) is 150 cm³/mol. The highest BCUT2D eigenvalue weighted by molar-refractivity contribution is 5.92. The zero-order valence-corrected chi connectivity index (χ0v) is 24.2. The maximum atomic E-state index is 14.2. The van der Waals surface area contributed by atoms with E-state index in [2.05, 4.69) is 17.6 Å². The van der Waals surface area contributed by atoms with Gasteiger partial charge in [0.05, 0.1) is 0 Å². The molecule has 3 amide bonds. The second-order valence-electron chi connectivity index (χ2n) is 11.6. The lowest BCUT2D eigenvalue weighted by molar-refractivity contribution is -0.144. The van der Waals surface area contributed by atoms with Crippen LogP contribution in [0.4, 0.5) is 4.79 Å². The second kappa shape index (κ2) is 15.0. The van der Waals surface area contributed by atoms with Crippen LogP contribution < -0.4 is 10.6 Å². The zero-order chi connectivity index (χ0) is 28.3. The molecule has 38 heavy (non-hydrogen) atoms. The summed E-state index contributed by atoms with van der Waals surface area (Å²) in [5.74, 6) is -0.621. The van der Waals surface area contributed by atoms with E-state index < -0.39 is 23.8 Å². The van der Waals surface area contributed by atoms with Gasteiger partial charge in [-0.3, -0.25) is 9.59 Å². The minimum Gasteiger partial charge on any atom is -0.508 e. The van der Waals surface area contributed by atoms with Crippen molar-refractivity contribution in [2.75, 3.05) is 6.54 Å². The molecule has 3 N–H and O–H groups in total. The van der Waals surface area contributed by atoms with E-state index in [1.807, 2.05) is 13.8 Å². The van der Waals surface area contributed by atoms with Gasteiger partial charge in [0.1, 0.15) is 23.4 Å². The first-order chi connectivity index (χ1) is 18.0. The van der Waals surface area contributed by atoms with Gasteiger partial charge in [-0.2, -0.15) is 0 Å². The molecule has 1 fully saturated rings. The molecule has 2 rings (SSSR count). The van der Waals surface area contributed by atoms with E-state index in [9.17, 15) is 19.5 Å². The molecule has 0 radical (unpaired) electrons. The number of carbonyl (C=O) groups excluding carboxylic acids is 3. The number of aromatic hydroxyl groups is 1. The van der Waals surface area contributed by atoms with Gasteiger partial charge < -0.3 is 25.4 Å². The van der Waals surface area contributed by atoms with Crippen LogP contribution >= 0.6 is 0 Å². The Labute approximate surface area is 228 Å². The van der Waals surface area contributed by atoms with E-state index in [1.165, 1.54) is 18.6 Å². The Bertz CT molecular complexity index is 890. The number of hydrogen-bond donors (Lipinski definition) is 3. The maximum Gasteiger partial charge on any atom is 0.408 e. The van der Waals surface area contributed by atoms with Gasteiger partial charge in [0.2, 0.25) is 11.8 Å². The molecule has 1 saturated carbocycles. The Morgan fingerprint density at radius 3 is 2.24 bits per heavy atom. The molecule has 0 bridgehead atoms. The molecule has 0 saturated heterocycles. The Balaban J connectivity index is 2.46. The normalized spacial score (nSPS) is 16.7. The summed E-state index contributed by atoms with van der Waals surface area (Å²) >= 11 is 0. The minimum atomic E-state index is -0.881. The zero-order valence-electron chi connectivity index (χ0n) is 24.2. The fourth-order valence-electron chi connectivity index (χ4n) is 4.85. The van der Waals surface area contributed by atoms with Crippen molar-refractivity contribution in [3.05, 3.63) is 29.8 Å². The van der Waals surface area contributed by atoms with Crippen LogP contribution in [0, 0.1) is 5.92 Å². The van der Waals surface area contributed by atoms with Crippen LogP contribution in [0.5, 0.6) is 5.75 Å². The number of phenolic OH excluding ortho intramolecular Hbond substituents is 1. The molecule has 1 aromatic carbocycles. The van der Waals surface area contributed by atoms with Gasteiger partial charge in [-0.05, 0) is 63.6 Å². The fourth-order valence-corrected chi connectivity index (χ4v) is 4.85. The Morgan fingerprint density at radius 1 is 1.05 bits per heavy atom. The lowest BCUT2D eigenvalue weighted by Gasteiger charge is -2.37. The molecular formula is C30H49N3O5. The molecule has 8 heteroatoms. The third-order valence-corrected chi connectivity index (χ3v) is 7.16. The average Bonchev–Trinajstić information content (AvgIpc) is 2.86. The molecule has 1 aromatic rings. The predicted octanol–water partition coefficient (Wildman–Crippen LogP) is 5.84. The number of carbonyl (C=O) groups is 3. The van der Waals surface area contributed by atoms with Crippen LogP contribution in [0.2, 0.25) is 0 Å². The number of benzene rings is 1. The summed E-state index contributed by atoms with van der Waals surface area (Å²) in [6, 6.07) is 4.81. The summed E-state index contributed by atoms with van der Waals surface area (Å²) in [6.45, 7) is 11.7. The first-order valence-electron chi connectivity index (χ1n) is 14.4. The van der Waals surface area contributed by atoms with Crippen molar-refractivity contribution in [2.45, 2.75) is 123 Å². The van der Waals surface area contributed by atoms with Crippen LogP contribution in [-0.4, -0.2) is 52.1 Å². The van der Waals surface area contributed by atoms with Crippen LogP contribution in [0.3, 0.4) is 0 Å². The van der Waals surface area contributed by atoms with Gasteiger partial charge in [-0.1, -0.05) is 71.4 Å². The highest BCUT2D eigenvalue weighted by atomic mass is 16.6. The number of phenols is 1. The third kappa shape index (κ3) is 9.84. The van der Waals surface area contributed by atoms with Crippen molar-refractivity contribution in [1.29, 1.82) is 0 Å². The molecule has 1 aliphatic carbocycles. The van der Waals surface area contributed by atoms with Crippen LogP contribution in [0.1, 0.15) is 111 Å². The number of unbranched alkanes of at least 4 members (excludes halogenated alkanes) is 2. The molecule has 8 nitrogen and oxygen atoms in total. The molecule has 3 atom stereocenters. The van der Waals surface area contributed by atoms with Gasteiger partial charge in [0.15, 0.2) is 0 Å². The summed E-state index contributed by atoms with van der Waals surface area (Å²) < 4.78 is 5.47. The number of ether oxygens (including phenoxy) is 1. The Kier molecular flexibility index (Phi) is 12.4. The van der Waals surface area contributed by atoms with Crippen molar-refractivity contribution < 1.29 is 24.2 Å². The highest BCUT2D eigenvalue weighted by Gasteiger charge is 2.38. The lowest BCUT2D eigenvalue weighted by atomic mass is 9.93. The first-order valence-corrected chi connectivity index (χ1v) is 14.4. The summed E-state index contributed by atoms with van der Waals surface area (Å²) in [5, 5.41) is 15.9. The van der Waals surface area contributed by atoms with Gasteiger partial charge in [-0.25, -0.2) is 4.79 Å². The quantitative estimate of drug-likeness (QED) is 0.294. The van der Waals surface area contributed by atoms with Gasteiger partial charge in [0.25, 0.3) is 0 Å². The van der Waals surface area contributed by atoms with Crippen LogP contribution in [0.25, 0.3) is 0 Å². The number of nitrogens with zero attached hydrogens (tertiary/aromatic N) is 1. The van der Waals surface area contributed by atoms with Crippen molar-refractivity contribution >= 4 is 17.9 Å². The first kappa shape index (κ1) is 31.4. The molecule has 214 valence electrons. The minimum absolute atomic E-state index is 0.0775. The highest BCUT2D eigenvalue weighted by Crippen LogP contribution is 2.28. The van der Waals surface area contributed by atoms with Crippen molar-refractivity contribution in [3.63, 3.8) is 0 Å². The number of rotatable bonds is 12. The van der Waals surface area contributed by atoms with Crippen molar-refractivity contribution in [2.24, 2.45) is 5.92 Å². The smallest absolute Gasteiger partial charge is 0.408 e. The van der Waals surface area contributed by atoms with Gasteiger partial charge >= 0.3 is 6.09 Å². The van der Waals surface area contributed by atoms with Crippen molar-refractivity contribution in [3.8, 4) is 5.75 Å². The van der Waals surface area contributed by atoms with Crippen molar-refractivity contribution in [1.82, 2.24) is 15.5 Å². The SMILES string of the molecule is CCCCCN(C(=O)C(NC(=O)OC(C)(C)C)C(C)CC)C(C(=O)NC1CCCCC1)c1ccc(O)cc1. The maximum absolute atomic E-state index is 14.2. The topological polar surface area (TPSA) is 108 Å². The molecular weight excluding hydrogens is 482 g/mol. The Morgan fingerprint density at radius 2 is 1.68 bits per heavy atom. The van der Waals surface area contributed by atoms with Gasteiger partial charge in [0, 0.05) is 12.6 Å². The monoisotopic (exact) mass is 531 g/mol. The van der Waals surface area contributed by atoms with E-state index in [0.29, 0.717) is 18.5 Å². The second-order valence-corrected chi connectivity index (χ2v) is 11.6. The standard InChI is InChI=1S/C30H49N3O5/c1-7-9-13-20-33(28(36)25(21(3)8-2)32-29(37)38-30(4,5)6)26(22-16-18-24(34)19-17-22)27(35)31-23-14-11-10-12-15-23/h16-19,21,23,25-26,34H,7-15,20H2,1-6H3,(H,31,35)(H,32,37).